The smallest absolute Gasteiger partial charge is 0.0887 e. The molecule has 0 fully saturated rings. The van der Waals surface area contributed by atoms with E-state index >= 15 is 0 Å². The molecular formula is C10H10N2. The standard InChI is InChI=1S/C10H10N2/c1-7-3-4-11-10-6-12-8(2)5-9(7)10/h3-6H,1-2H3. The van der Waals surface area contributed by atoms with Crippen LogP contribution in [0.15, 0.2) is 24.5 Å². The number of rotatable bonds is 0. The molecular weight excluding hydrogens is 148 g/mol. The van der Waals surface area contributed by atoms with Crippen LogP contribution in [-0.2, 0) is 0 Å². The lowest BCUT2D eigenvalue weighted by molar-refractivity contribution is 1.20. The third-order valence-corrected chi connectivity index (χ3v) is 1.98. The zero-order valence-corrected chi connectivity index (χ0v) is 7.20. The molecule has 0 aliphatic heterocycles. The van der Waals surface area contributed by atoms with Crippen LogP contribution < -0.4 is 0 Å². The lowest BCUT2D eigenvalue weighted by Gasteiger charge is -2.00. The minimum atomic E-state index is 0.973. The third kappa shape index (κ3) is 1.05. The van der Waals surface area contributed by atoms with Crippen molar-refractivity contribution in [3.05, 3.63) is 35.8 Å². The summed E-state index contributed by atoms with van der Waals surface area (Å²) in [7, 11) is 0. The summed E-state index contributed by atoms with van der Waals surface area (Å²) in [5.74, 6) is 0. The van der Waals surface area contributed by atoms with Crippen molar-refractivity contribution in [1.82, 2.24) is 9.97 Å². The van der Waals surface area contributed by atoms with Crippen molar-refractivity contribution in [3.63, 3.8) is 0 Å². The first kappa shape index (κ1) is 7.22. The highest BCUT2D eigenvalue weighted by Crippen LogP contribution is 2.14. The lowest BCUT2D eigenvalue weighted by Crippen LogP contribution is -1.86. The van der Waals surface area contributed by atoms with Crippen LogP contribution in [0.1, 0.15) is 11.3 Å². The summed E-state index contributed by atoms with van der Waals surface area (Å²) in [4.78, 5) is 8.41. The number of hydrogen-bond donors (Lipinski definition) is 0. The molecule has 0 atom stereocenters. The first-order valence-corrected chi connectivity index (χ1v) is 3.95. The fourth-order valence-electron chi connectivity index (χ4n) is 1.29. The Balaban J connectivity index is 2.88. The van der Waals surface area contributed by atoms with Gasteiger partial charge in [-0.2, -0.15) is 0 Å². The van der Waals surface area contributed by atoms with E-state index in [9.17, 15) is 0 Å². The fourth-order valence-corrected chi connectivity index (χ4v) is 1.29. The van der Waals surface area contributed by atoms with Crippen LogP contribution in [0.2, 0.25) is 0 Å². The van der Waals surface area contributed by atoms with Crippen molar-refractivity contribution in [1.29, 1.82) is 0 Å². The molecule has 0 saturated carbocycles. The molecule has 2 nitrogen and oxygen atoms in total. The Labute approximate surface area is 71.3 Å². The summed E-state index contributed by atoms with van der Waals surface area (Å²) in [6, 6.07) is 4.08. The van der Waals surface area contributed by atoms with Crippen LogP contribution in [0.25, 0.3) is 10.9 Å². The predicted octanol–water partition coefficient (Wildman–Crippen LogP) is 2.25. The summed E-state index contributed by atoms with van der Waals surface area (Å²) in [5, 5.41) is 1.20. The van der Waals surface area contributed by atoms with Gasteiger partial charge in [-0.15, -0.1) is 0 Å². The first-order valence-electron chi connectivity index (χ1n) is 3.95. The van der Waals surface area contributed by atoms with E-state index in [0.29, 0.717) is 0 Å². The first-order chi connectivity index (χ1) is 5.77. The van der Waals surface area contributed by atoms with Crippen LogP contribution in [0.4, 0.5) is 0 Å². The maximum Gasteiger partial charge on any atom is 0.0887 e. The maximum atomic E-state index is 4.22. The van der Waals surface area contributed by atoms with Gasteiger partial charge in [0.15, 0.2) is 0 Å². The zero-order valence-electron chi connectivity index (χ0n) is 7.20. The Bertz CT molecular complexity index is 421. The van der Waals surface area contributed by atoms with Crippen molar-refractivity contribution < 1.29 is 0 Å². The largest absolute Gasteiger partial charge is 0.259 e. The zero-order chi connectivity index (χ0) is 8.55. The Kier molecular flexibility index (Phi) is 1.54. The van der Waals surface area contributed by atoms with Crippen molar-refractivity contribution >= 4 is 10.9 Å². The van der Waals surface area contributed by atoms with Crippen LogP contribution in [0.3, 0.4) is 0 Å². The fraction of sp³-hybridized carbons (Fsp3) is 0.200. The van der Waals surface area contributed by atoms with E-state index < -0.39 is 0 Å². The molecule has 12 heavy (non-hydrogen) atoms. The highest BCUT2D eigenvalue weighted by molar-refractivity contribution is 5.81. The van der Waals surface area contributed by atoms with Gasteiger partial charge < -0.3 is 0 Å². The van der Waals surface area contributed by atoms with Gasteiger partial charge in [-0.1, -0.05) is 0 Å². The van der Waals surface area contributed by atoms with Gasteiger partial charge in [0.05, 0.1) is 11.7 Å². The lowest BCUT2D eigenvalue weighted by atomic mass is 10.1. The van der Waals surface area contributed by atoms with E-state index in [1.54, 1.807) is 0 Å². The molecule has 60 valence electrons. The van der Waals surface area contributed by atoms with Gasteiger partial charge in [-0.25, -0.2) is 0 Å². The average molecular weight is 158 g/mol. The normalized spacial score (nSPS) is 10.5. The summed E-state index contributed by atoms with van der Waals surface area (Å²) in [6.45, 7) is 4.08. The summed E-state index contributed by atoms with van der Waals surface area (Å²) >= 11 is 0. The molecule has 0 amide bonds. The monoisotopic (exact) mass is 158 g/mol. The van der Waals surface area contributed by atoms with Gasteiger partial charge in [0.1, 0.15) is 0 Å². The molecule has 0 aliphatic rings. The van der Waals surface area contributed by atoms with Crippen LogP contribution in [-0.4, -0.2) is 9.97 Å². The van der Waals surface area contributed by atoms with E-state index in [2.05, 4.69) is 23.0 Å². The Morgan fingerprint density at radius 2 is 2.00 bits per heavy atom. The van der Waals surface area contributed by atoms with Crippen LogP contribution >= 0.6 is 0 Å². The molecule has 0 aliphatic carbocycles. The maximum absolute atomic E-state index is 4.22. The van der Waals surface area contributed by atoms with Crippen LogP contribution in [0.5, 0.6) is 0 Å². The van der Waals surface area contributed by atoms with Gasteiger partial charge in [-0.3, -0.25) is 9.97 Å². The van der Waals surface area contributed by atoms with Crippen molar-refractivity contribution in [3.8, 4) is 0 Å². The minimum Gasteiger partial charge on any atom is -0.259 e. The Morgan fingerprint density at radius 3 is 2.83 bits per heavy atom. The van der Waals surface area contributed by atoms with Crippen molar-refractivity contribution in [2.75, 3.05) is 0 Å². The quantitative estimate of drug-likeness (QED) is 0.587. The molecule has 0 radical (unpaired) electrons. The molecule has 0 bridgehead atoms. The van der Waals surface area contributed by atoms with E-state index in [-0.39, 0.29) is 0 Å². The topological polar surface area (TPSA) is 25.8 Å². The van der Waals surface area contributed by atoms with Crippen molar-refractivity contribution in [2.24, 2.45) is 0 Å². The molecule has 2 aromatic heterocycles. The Hall–Kier alpha value is -1.44. The Morgan fingerprint density at radius 1 is 1.17 bits per heavy atom. The number of pyridine rings is 2. The molecule has 2 heterocycles. The van der Waals surface area contributed by atoms with Gasteiger partial charge in [0.2, 0.25) is 0 Å². The molecule has 0 unspecified atom stereocenters. The van der Waals surface area contributed by atoms with Crippen molar-refractivity contribution in [2.45, 2.75) is 13.8 Å². The molecule has 0 spiro atoms. The predicted molar refractivity (Wildman–Crippen MR) is 49.0 cm³/mol. The second-order valence-electron chi connectivity index (χ2n) is 2.97. The number of aryl methyl sites for hydroxylation is 2. The van der Waals surface area contributed by atoms with Gasteiger partial charge in [0, 0.05) is 17.3 Å². The van der Waals surface area contributed by atoms with E-state index in [0.717, 1.165) is 11.2 Å². The van der Waals surface area contributed by atoms with E-state index in [1.807, 2.05) is 25.4 Å². The molecule has 2 aromatic rings. The summed E-state index contributed by atoms with van der Waals surface area (Å²) in [6.07, 6.45) is 3.63. The number of nitrogens with zero attached hydrogens (tertiary/aromatic N) is 2. The molecule has 0 aromatic carbocycles. The third-order valence-electron chi connectivity index (χ3n) is 1.98. The SMILES string of the molecule is Cc1cc2c(C)ccnc2cn1. The number of aromatic nitrogens is 2. The average Bonchev–Trinajstić information content (AvgIpc) is 2.07. The second kappa shape index (κ2) is 2.55. The van der Waals surface area contributed by atoms with Gasteiger partial charge >= 0.3 is 0 Å². The molecule has 2 heteroatoms. The summed E-state index contributed by atoms with van der Waals surface area (Å²) in [5.41, 5.74) is 3.27. The highest BCUT2D eigenvalue weighted by atomic mass is 14.7. The molecule has 2 rings (SSSR count). The molecule has 0 N–H and O–H groups in total. The van der Waals surface area contributed by atoms with Crippen LogP contribution in [0, 0.1) is 13.8 Å². The number of fused-ring (bicyclic) bond motifs is 1. The van der Waals surface area contributed by atoms with Gasteiger partial charge in [0.25, 0.3) is 0 Å². The highest BCUT2D eigenvalue weighted by Gasteiger charge is 1.97. The van der Waals surface area contributed by atoms with E-state index in [1.165, 1.54) is 10.9 Å². The number of hydrogen-bond acceptors (Lipinski definition) is 2. The van der Waals surface area contributed by atoms with E-state index in [4.69, 9.17) is 0 Å². The second-order valence-corrected chi connectivity index (χ2v) is 2.97. The molecule has 0 saturated heterocycles. The minimum absolute atomic E-state index is 0.973. The summed E-state index contributed by atoms with van der Waals surface area (Å²) < 4.78 is 0. The van der Waals surface area contributed by atoms with Gasteiger partial charge in [-0.05, 0) is 31.5 Å².